The molecule has 0 bridgehead atoms. The van der Waals surface area contributed by atoms with Crippen molar-refractivity contribution in [3.8, 4) is 39.7 Å². The van der Waals surface area contributed by atoms with E-state index >= 15 is 0 Å². The molecule has 4 nitrogen and oxygen atoms in total. The van der Waals surface area contributed by atoms with Gasteiger partial charge in [0.1, 0.15) is 11.7 Å². The third-order valence-electron chi connectivity index (χ3n) is 7.60. The van der Waals surface area contributed by atoms with Gasteiger partial charge >= 0.3 is 0 Å². The largest absolute Gasteiger partial charge is 0.499 e. The first-order valence-electron chi connectivity index (χ1n) is 21.7. The van der Waals surface area contributed by atoms with Crippen molar-refractivity contribution >= 4 is 21.9 Å². The summed E-state index contributed by atoms with van der Waals surface area (Å²) in [7, 11) is 0. The summed E-state index contributed by atoms with van der Waals surface area (Å²) in [6.07, 6.45) is 3.05. The van der Waals surface area contributed by atoms with Gasteiger partial charge in [0.05, 0.1) is 12.5 Å². The van der Waals surface area contributed by atoms with Crippen molar-refractivity contribution in [3.63, 3.8) is 0 Å². The topological polar surface area (TPSA) is 62.7 Å². The number of aromatic nitrogens is 2. The van der Waals surface area contributed by atoms with Gasteiger partial charge in [-0.2, -0.15) is 5.26 Å². The van der Waals surface area contributed by atoms with Gasteiger partial charge in [-0.05, 0) is 83.2 Å². The smallest absolute Gasteiger partial charge is 0.138 e. The Morgan fingerprint density at radius 1 is 0.816 bits per heavy atom. The molecule has 3 heterocycles. The van der Waals surface area contributed by atoms with Crippen LogP contribution in [-0.2, 0) is 26.5 Å². The summed E-state index contributed by atoms with van der Waals surface area (Å²) in [4.78, 5) is 8.51. The Hall–Kier alpha value is -4.88. The minimum absolute atomic E-state index is 0. The number of hydrogen-bond donors (Lipinski definition) is 0. The summed E-state index contributed by atoms with van der Waals surface area (Å²) in [5, 5.41) is 11.0. The summed E-state index contributed by atoms with van der Waals surface area (Å²) in [5.41, 5.74) is 3.87. The molecule has 0 saturated heterocycles. The molecule has 0 aliphatic rings. The van der Waals surface area contributed by atoms with Crippen LogP contribution in [0.4, 0.5) is 0 Å². The van der Waals surface area contributed by atoms with Gasteiger partial charge in [-0.15, -0.1) is 53.6 Å². The Morgan fingerprint density at radius 3 is 2.31 bits per heavy atom. The molecule has 247 valence electrons. The molecule has 5 heteroatoms. The molecule has 0 saturated carbocycles. The maximum Gasteiger partial charge on any atom is 0.138 e. The van der Waals surface area contributed by atoms with E-state index in [1.807, 2.05) is 32.9 Å². The van der Waals surface area contributed by atoms with E-state index in [0.717, 1.165) is 10.8 Å². The molecule has 4 aromatic carbocycles. The number of hydrogen-bond acceptors (Lipinski definition) is 4. The van der Waals surface area contributed by atoms with Crippen LogP contribution in [-0.4, -0.2) is 9.97 Å². The summed E-state index contributed by atoms with van der Waals surface area (Å²) in [6.45, 7) is -3.50. The van der Waals surface area contributed by atoms with Crippen molar-refractivity contribution in [2.24, 2.45) is 5.41 Å². The average Bonchev–Trinajstić information content (AvgIpc) is 3.55. The van der Waals surface area contributed by atoms with Gasteiger partial charge in [0.15, 0.2) is 0 Å². The van der Waals surface area contributed by atoms with E-state index < -0.39 is 27.4 Å². The average molecular weight is 831 g/mol. The van der Waals surface area contributed by atoms with Crippen molar-refractivity contribution in [3.05, 3.63) is 143 Å². The van der Waals surface area contributed by atoms with E-state index in [9.17, 15) is 5.26 Å². The first-order valence-corrected chi connectivity index (χ1v) is 15.2. The Bertz CT molecular complexity index is 2720. The van der Waals surface area contributed by atoms with Crippen LogP contribution >= 0.6 is 0 Å². The van der Waals surface area contributed by atoms with Crippen LogP contribution in [0.2, 0.25) is 0 Å². The van der Waals surface area contributed by atoms with Crippen molar-refractivity contribution in [2.75, 3.05) is 0 Å². The monoisotopic (exact) mass is 831 g/mol. The second kappa shape index (κ2) is 14.7. The van der Waals surface area contributed by atoms with Gasteiger partial charge in [-0.3, -0.25) is 0 Å². The zero-order valence-electron chi connectivity index (χ0n) is 40.0. The molecule has 7 aromatic rings. The number of para-hydroxylation sites is 1. The van der Waals surface area contributed by atoms with Crippen molar-refractivity contribution in [1.82, 2.24) is 9.97 Å². The van der Waals surface area contributed by atoms with Crippen LogP contribution in [0.5, 0.6) is 0 Å². The maximum absolute atomic E-state index is 9.57. The van der Waals surface area contributed by atoms with E-state index in [-0.39, 0.29) is 64.9 Å². The molecular formula is C44H39IrN3O-2. The van der Waals surface area contributed by atoms with Gasteiger partial charge < -0.3 is 14.4 Å². The van der Waals surface area contributed by atoms with Gasteiger partial charge in [-0.1, -0.05) is 87.1 Å². The predicted molar refractivity (Wildman–Crippen MR) is 197 cm³/mol. The molecule has 0 atom stereocenters. The fraction of sp³-hybridized carbons (Fsp3) is 0.205. The van der Waals surface area contributed by atoms with Gasteiger partial charge in [0, 0.05) is 54.3 Å². The Labute approximate surface area is 321 Å². The zero-order valence-corrected chi connectivity index (χ0v) is 29.3. The van der Waals surface area contributed by atoms with Crippen LogP contribution in [0.3, 0.4) is 0 Å². The quantitative estimate of drug-likeness (QED) is 0.166. The summed E-state index contributed by atoms with van der Waals surface area (Å²) < 4.78 is 108. The van der Waals surface area contributed by atoms with Crippen LogP contribution in [0.1, 0.15) is 72.0 Å². The second-order valence-electron chi connectivity index (χ2n) is 12.6. The Kier molecular flexibility index (Phi) is 6.59. The second-order valence-corrected chi connectivity index (χ2v) is 12.6. The first-order chi connectivity index (χ1) is 28.3. The number of pyridine rings is 2. The summed E-state index contributed by atoms with van der Waals surface area (Å²) in [5.74, 6) is 0. The van der Waals surface area contributed by atoms with E-state index in [1.54, 1.807) is 42.5 Å². The fourth-order valence-corrected chi connectivity index (χ4v) is 5.46. The van der Waals surface area contributed by atoms with E-state index in [4.69, 9.17) is 22.2 Å². The van der Waals surface area contributed by atoms with Crippen molar-refractivity contribution < 1.29 is 42.3 Å². The Morgan fingerprint density at radius 2 is 1.61 bits per heavy atom. The molecule has 0 N–H and O–H groups in total. The van der Waals surface area contributed by atoms with E-state index in [0.29, 0.717) is 51.2 Å². The van der Waals surface area contributed by atoms with Gasteiger partial charge in [-0.25, -0.2) is 0 Å². The molecule has 7 rings (SSSR count). The number of furan rings is 1. The summed E-state index contributed by atoms with van der Waals surface area (Å²) in [6, 6.07) is 29.0. The third-order valence-corrected chi connectivity index (χ3v) is 7.60. The van der Waals surface area contributed by atoms with Gasteiger partial charge in [0.2, 0.25) is 0 Å². The third kappa shape index (κ3) is 7.89. The minimum Gasteiger partial charge on any atom is -0.499 e. The molecule has 49 heavy (non-hydrogen) atoms. The van der Waals surface area contributed by atoms with Crippen LogP contribution < -0.4 is 0 Å². The van der Waals surface area contributed by atoms with Crippen LogP contribution in [0, 0.1) is 56.3 Å². The van der Waals surface area contributed by atoms with Gasteiger partial charge in [0.25, 0.3) is 0 Å². The van der Waals surface area contributed by atoms with Crippen LogP contribution in [0.25, 0.3) is 55.6 Å². The number of fused-ring (bicyclic) bond motifs is 3. The first kappa shape index (κ1) is 22.0. The SMILES string of the molecule is [2H]C([2H])([2H])c1c[c-]c(-c2ccc(C([2H])([2H])[2H])cn2)cc1.[2H]c1cc(CC(C)(C)C)cc(C([2H])([2H])[2H])c1-c1cc(-c2[c-]ccc3c2oc2c(C#N)cccc23)ncc1C([2H])([2H])[2H].[Ir]. The molecule has 3 aromatic heterocycles. The molecule has 0 fully saturated rings. The van der Waals surface area contributed by atoms with Crippen molar-refractivity contribution in [1.29, 1.82) is 5.26 Å². The maximum atomic E-state index is 9.57. The van der Waals surface area contributed by atoms with Crippen molar-refractivity contribution in [2.45, 2.75) is 54.6 Å². The molecule has 1 radical (unpaired) electrons. The Balaban J connectivity index is 0.000000291. The van der Waals surface area contributed by atoms with E-state index in [1.165, 1.54) is 36.7 Å². The minimum atomic E-state index is -2.62. The standard InChI is InChI=1S/C31H27N2O.C13H12N.Ir/c1-19-14-21(16-31(3,4)5)12-13-23(19)27-15-28(33-18-20(27)2)26-11-7-10-25-24-9-6-8-22(17-32)29(24)34-30(25)26;1-10-3-6-12(7-4-10)13-8-5-11(2)9-14-13;/h6-10,12-15,18H,16H2,1-5H3;3-6,8-9H,1-2H3;/q2*-1;/i1D3,2D3,13D;1D3,2D3;. The zero-order chi connectivity index (χ0) is 44.9. The number of aryl methyl sites for hydroxylation is 4. The molecular weight excluding hydrogens is 779 g/mol. The number of nitrogens with zero attached hydrogens (tertiary/aromatic N) is 3. The van der Waals surface area contributed by atoms with Crippen LogP contribution in [0.15, 0.2) is 102 Å². The van der Waals surface area contributed by atoms with E-state index in [2.05, 4.69) is 28.2 Å². The molecule has 0 amide bonds. The number of benzene rings is 4. The summed E-state index contributed by atoms with van der Waals surface area (Å²) >= 11 is 0. The predicted octanol–water partition coefficient (Wildman–Crippen LogP) is 11.4. The number of rotatable bonds is 4. The molecule has 0 spiro atoms. The molecule has 0 unspecified atom stereocenters. The molecule has 0 aliphatic heterocycles. The fourth-order valence-electron chi connectivity index (χ4n) is 5.46. The normalized spacial score (nSPS) is 16.0. The molecule has 0 aliphatic carbocycles. The number of nitriles is 1.